The zero-order valence-electron chi connectivity index (χ0n) is 15.8. The second-order valence-corrected chi connectivity index (χ2v) is 9.95. The summed E-state index contributed by atoms with van der Waals surface area (Å²) in [7, 11) is 1.89. The number of rotatable bonds is 1. The van der Waals surface area contributed by atoms with Gasteiger partial charge in [0, 0.05) is 13.5 Å². The summed E-state index contributed by atoms with van der Waals surface area (Å²) in [6.45, 7) is 6.19. The van der Waals surface area contributed by atoms with E-state index in [4.69, 9.17) is 9.47 Å². The fourth-order valence-corrected chi connectivity index (χ4v) is 7.92. The molecular formula is C22H34O2. The van der Waals surface area contributed by atoms with Crippen molar-refractivity contribution in [2.45, 2.75) is 83.3 Å². The van der Waals surface area contributed by atoms with Crippen molar-refractivity contribution in [2.75, 3.05) is 13.7 Å². The van der Waals surface area contributed by atoms with E-state index in [0.717, 1.165) is 24.4 Å². The van der Waals surface area contributed by atoms with Gasteiger partial charge in [-0.15, -0.1) is 0 Å². The van der Waals surface area contributed by atoms with Gasteiger partial charge in [-0.1, -0.05) is 25.5 Å². The average Bonchev–Trinajstić information content (AvgIpc) is 2.87. The Bertz CT molecular complexity index is 562. The number of allylic oxidation sites excluding steroid dienone is 1. The molecule has 0 bridgehead atoms. The topological polar surface area (TPSA) is 18.5 Å². The highest BCUT2D eigenvalue weighted by Gasteiger charge is 2.66. The molecule has 0 radical (unpaired) electrons. The van der Waals surface area contributed by atoms with E-state index in [0.29, 0.717) is 16.9 Å². The van der Waals surface area contributed by atoms with Gasteiger partial charge in [0.2, 0.25) is 0 Å². The van der Waals surface area contributed by atoms with Gasteiger partial charge in [-0.05, 0) is 80.0 Å². The Labute approximate surface area is 147 Å². The van der Waals surface area contributed by atoms with Crippen LogP contribution in [0.2, 0.25) is 0 Å². The summed E-state index contributed by atoms with van der Waals surface area (Å²) in [4.78, 5) is 0. The van der Waals surface area contributed by atoms with Gasteiger partial charge in [-0.25, -0.2) is 0 Å². The molecule has 2 heteroatoms. The van der Waals surface area contributed by atoms with Crippen LogP contribution < -0.4 is 0 Å². The van der Waals surface area contributed by atoms with Crippen molar-refractivity contribution >= 4 is 0 Å². The van der Waals surface area contributed by atoms with Crippen molar-refractivity contribution in [3.05, 3.63) is 11.6 Å². The summed E-state index contributed by atoms with van der Waals surface area (Å²) in [5.41, 5.74) is 2.91. The second kappa shape index (κ2) is 5.10. The smallest absolute Gasteiger partial charge is 0.0760 e. The fourth-order valence-electron chi connectivity index (χ4n) is 7.92. The summed E-state index contributed by atoms with van der Waals surface area (Å²) in [5.74, 6) is 2.70. The molecule has 4 fully saturated rings. The number of hydrogen-bond donors (Lipinski definition) is 0. The van der Waals surface area contributed by atoms with Crippen LogP contribution in [0.15, 0.2) is 11.6 Å². The summed E-state index contributed by atoms with van der Waals surface area (Å²) in [6.07, 6.45) is 15.1. The maximum atomic E-state index is 6.26. The Balaban J connectivity index is 1.46. The van der Waals surface area contributed by atoms with Crippen LogP contribution in [0.4, 0.5) is 0 Å². The van der Waals surface area contributed by atoms with E-state index >= 15 is 0 Å². The molecule has 0 aromatic rings. The molecule has 4 aliphatic carbocycles. The van der Waals surface area contributed by atoms with Crippen LogP contribution in [0.1, 0.15) is 71.6 Å². The highest BCUT2D eigenvalue weighted by molar-refractivity contribution is 5.26. The summed E-state index contributed by atoms with van der Waals surface area (Å²) >= 11 is 0. The monoisotopic (exact) mass is 330 g/mol. The molecule has 0 aromatic carbocycles. The normalized spacial score (nSPS) is 56.0. The number of fused-ring (bicyclic) bond motifs is 6. The van der Waals surface area contributed by atoms with Gasteiger partial charge in [0.05, 0.1) is 18.3 Å². The highest BCUT2D eigenvalue weighted by Crippen LogP contribution is 2.69. The first-order valence-electron chi connectivity index (χ1n) is 10.4. The van der Waals surface area contributed by atoms with E-state index in [1.54, 1.807) is 5.57 Å². The molecular weight excluding hydrogens is 296 g/mol. The molecule has 1 saturated heterocycles. The average molecular weight is 331 g/mol. The Morgan fingerprint density at radius 1 is 1.04 bits per heavy atom. The Morgan fingerprint density at radius 3 is 2.54 bits per heavy atom. The minimum Gasteiger partial charge on any atom is -0.381 e. The van der Waals surface area contributed by atoms with Gasteiger partial charge >= 0.3 is 0 Å². The third kappa shape index (κ3) is 1.80. The van der Waals surface area contributed by atoms with Crippen molar-refractivity contribution in [2.24, 2.45) is 28.6 Å². The van der Waals surface area contributed by atoms with Gasteiger partial charge in [0.1, 0.15) is 0 Å². The number of hydrogen-bond acceptors (Lipinski definition) is 2. The molecule has 1 spiro atoms. The maximum absolute atomic E-state index is 6.26. The first-order valence-corrected chi connectivity index (χ1v) is 10.4. The van der Waals surface area contributed by atoms with Crippen molar-refractivity contribution in [1.82, 2.24) is 0 Å². The number of methoxy groups -OCH3 is 1. The lowest BCUT2D eigenvalue weighted by Crippen LogP contribution is -2.59. The van der Waals surface area contributed by atoms with E-state index in [1.165, 1.54) is 57.8 Å². The van der Waals surface area contributed by atoms with Gasteiger partial charge in [0.15, 0.2) is 0 Å². The molecule has 24 heavy (non-hydrogen) atoms. The molecule has 1 aliphatic heterocycles. The lowest BCUT2D eigenvalue weighted by Gasteiger charge is -2.61. The molecule has 134 valence electrons. The van der Waals surface area contributed by atoms with Gasteiger partial charge in [-0.3, -0.25) is 0 Å². The van der Waals surface area contributed by atoms with E-state index in [1.807, 2.05) is 7.11 Å². The van der Waals surface area contributed by atoms with Crippen LogP contribution in [0.25, 0.3) is 0 Å². The molecule has 2 nitrogen and oxygen atoms in total. The molecule has 0 unspecified atom stereocenters. The van der Waals surface area contributed by atoms with Crippen LogP contribution in [0, 0.1) is 28.6 Å². The van der Waals surface area contributed by atoms with Crippen LogP contribution in [-0.2, 0) is 9.47 Å². The maximum Gasteiger partial charge on any atom is 0.0760 e. The van der Waals surface area contributed by atoms with Crippen LogP contribution >= 0.6 is 0 Å². The molecule has 7 atom stereocenters. The summed E-state index contributed by atoms with van der Waals surface area (Å²) < 4.78 is 12.0. The van der Waals surface area contributed by atoms with Crippen LogP contribution in [-0.4, -0.2) is 25.4 Å². The SMILES string of the molecule is CO[C@@H]1CC[C@]2(C)C(=CC[C@H]3[C@H]4CC[C@]5(CCO5)[C@@]4(C)CC[C@H]32)C1. The zero-order chi connectivity index (χ0) is 16.6. The molecule has 3 saturated carbocycles. The highest BCUT2D eigenvalue weighted by atomic mass is 16.5. The fraction of sp³-hybridized carbons (Fsp3) is 0.909. The Kier molecular flexibility index (Phi) is 3.37. The lowest BCUT2D eigenvalue weighted by atomic mass is 9.46. The molecule has 0 aromatic heterocycles. The van der Waals surface area contributed by atoms with Crippen LogP contribution in [0.5, 0.6) is 0 Å². The first-order chi connectivity index (χ1) is 11.5. The van der Waals surface area contributed by atoms with Crippen LogP contribution in [0.3, 0.4) is 0 Å². The van der Waals surface area contributed by atoms with E-state index in [9.17, 15) is 0 Å². The van der Waals surface area contributed by atoms with Crippen molar-refractivity contribution in [3.8, 4) is 0 Å². The van der Waals surface area contributed by atoms with E-state index < -0.39 is 0 Å². The second-order valence-electron chi connectivity index (χ2n) is 9.95. The molecule has 0 amide bonds. The largest absolute Gasteiger partial charge is 0.381 e. The van der Waals surface area contributed by atoms with E-state index in [2.05, 4.69) is 19.9 Å². The first kappa shape index (κ1) is 15.9. The third-order valence-corrected chi connectivity index (χ3v) is 9.57. The van der Waals surface area contributed by atoms with E-state index in [-0.39, 0.29) is 5.60 Å². The molecule has 1 heterocycles. The van der Waals surface area contributed by atoms with Crippen molar-refractivity contribution < 1.29 is 9.47 Å². The minimum atomic E-state index is 0.265. The lowest BCUT2D eigenvalue weighted by molar-refractivity contribution is -0.225. The predicted octanol–water partition coefficient (Wildman–Crippen LogP) is 5.12. The zero-order valence-corrected chi connectivity index (χ0v) is 15.8. The van der Waals surface area contributed by atoms with Gasteiger partial charge in [-0.2, -0.15) is 0 Å². The third-order valence-electron chi connectivity index (χ3n) is 9.57. The Hall–Kier alpha value is -0.340. The predicted molar refractivity (Wildman–Crippen MR) is 95.8 cm³/mol. The summed E-state index contributed by atoms with van der Waals surface area (Å²) in [5, 5.41) is 0. The summed E-state index contributed by atoms with van der Waals surface area (Å²) in [6, 6.07) is 0. The Morgan fingerprint density at radius 2 is 1.83 bits per heavy atom. The molecule has 5 rings (SSSR count). The molecule has 0 N–H and O–H groups in total. The number of ether oxygens (including phenoxy) is 2. The van der Waals surface area contributed by atoms with Gasteiger partial charge in [0.25, 0.3) is 0 Å². The van der Waals surface area contributed by atoms with Crippen molar-refractivity contribution in [3.63, 3.8) is 0 Å². The molecule has 5 aliphatic rings. The standard InChI is InChI=1S/C22H34O2/c1-20-9-6-16(23-3)14-15(20)4-5-17-18(20)7-10-21(2)19(17)8-11-22(21)12-13-24-22/h4,16-19H,5-14H2,1-3H3/t16-,17-,18-,19-,20-,21+,22+/m1/s1. The van der Waals surface area contributed by atoms with Gasteiger partial charge < -0.3 is 9.47 Å². The quantitative estimate of drug-likeness (QED) is 0.621. The minimum absolute atomic E-state index is 0.265. The van der Waals surface area contributed by atoms with Crippen molar-refractivity contribution in [1.29, 1.82) is 0 Å².